The fraction of sp³-hybridized carbons (Fsp3) is 0.318. The molecule has 0 saturated carbocycles. The molecule has 7 heteroatoms. The molecule has 2 aromatic rings. The number of hydrogen-bond donors (Lipinski definition) is 0. The molecular weight excluding hydrogens is 394 g/mol. The number of esters is 1. The van der Waals surface area contributed by atoms with E-state index in [4.69, 9.17) is 21.1 Å². The molecule has 2 amide bonds. The van der Waals surface area contributed by atoms with Gasteiger partial charge in [-0.3, -0.25) is 14.5 Å². The van der Waals surface area contributed by atoms with Crippen LogP contribution in [0.2, 0.25) is 5.02 Å². The first kappa shape index (κ1) is 20.9. The Labute approximate surface area is 174 Å². The Kier molecular flexibility index (Phi) is 6.54. The Morgan fingerprint density at radius 3 is 2.10 bits per heavy atom. The first-order valence-electron chi connectivity index (χ1n) is 9.40. The number of hydrogen-bond acceptors (Lipinski definition) is 5. The van der Waals surface area contributed by atoms with Crippen LogP contribution in [0.5, 0.6) is 5.75 Å². The van der Waals surface area contributed by atoms with Crippen molar-refractivity contribution in [3.8, 4) is 5.75 Å². The largest absolute Gasteiger partial charge is 0.490 e. The van der Waals surface area contributed by atoms with Gasteiger partial charge in [0.05, 0.1) is 11.1 Å². The maximum Gasteiger partial charge on any atom is 0.329 e. The summed E-state index contributed by atoms with van der Waals surface area (Å²) in [5.74, 6) is -0.865. The maximum absolute atomic E-state index is 12.7. The summed E-state index contributed by atoms with van der Waals surface area (Å²) in [6.45, 7) is 3.98. The summed E-state index contributed by atoms with van der Waals surface area (Å²) in [5, 5.41) is 0.598. The third kappa shape index (κ3) is 4.77. The van der Waals surface area contributed by atoms with Gasteiger partial charge in [-0.1, -0.05) is 37.6 Å². The van der Waals surface area contributed by atoms with E-state index in [0.717, 1.165) is 4.90 Å². The van der Waals surface area contributed by atoms with Crippen LogP contribution < -0.4 is 4.74 Å². The Hall–Kier alpha value is -2.86. The summed E-state index contributed by atoms with van der Waals surface area (Å²) in [5.41, 5.74) is 0.621. The molecule has 6 nitrogen and oxygen atoms in total. The Balaban J connectivity index is 1.64. The van der Waals surface area contributed by atoms with Crippen molar-refractivity contribution in [2.24, 2.45) is 5.92 Å². The number of ether oxygens (including phenoxy) is 2. The van der Waals surface area contributed by atoms with E-state index in [1.165, 1.54) is 0 Å². The van der Waals surface area contributed by atoms with E-state index < -0.39 is 23.8 Å². The minimum absolute atomic E-state index is 0.000769. The number of amides is 2. The summed E-state index contributed by atoms with van der Waals surface area (Å²) in [7, 11) is 0. The highest BCUT2D eigenvalue weighted by Gasteiger charge is 2.43. The molecule has 0 bridgehead atoms. The molecule has 2 aromatic carbocycles. The molecule has 29 heavy (non-hydrogen) atoms. The molecule has 1 heterocycles. The average Bonchev–Trinajstić information content (AvgIpc) is 2.95. The van der Waals surface area contributed by atoms with Crippen LogP contribution in [0.4, 0.5) is 0 Å². The minimum Gasteiger partial charge on any atom is -0.490 e. The first-order chi connectivity index (χ1) is 13.9. The van der Waals surface area contributed by atoms with Crippen LogP contribution in [0.1, 0.15) is 41.0 Å². The molecule has 3 rings (SSSR count). The third-order valence-corrected chi connectivity index (χ3v) is 4.77. The second kappa shape index (κ2) is 9.09. The maximum atomic E-state index is 12.7. The van der Waals surface area contributed by atoms with E-state index in [9.17, 15) is 14.4 Å². The molecule has 0 fully saturated rings. The fourth-order valence-corrected chi connectivity index (χ4v) is 3.30. The van der Waals surface area contributed by atoms with Crippen molar-refractivity contribution in [3.05, 3.63) is 64.7 Å². The number of imide groups is 1. The van der Waals surface area contributed by atoms with Gasteiger partial charge in [-0.05, 0) is 48.7 Å². The number of carbonyl (C=O) groups is 3. The highest BCUT2D eigenvalue weighted by molar-refractivity contribution is 6.30. The van der Waals surface area contributed by atoms with Crippen LogP contribution in [0, 0.1) is 5.92 Å². The molecule has 0 aliphatic carbocycles. The van der Waals surface area contributed by atoms with Crippen molar-refractivity contribution in [1.29, 1.82) is 0 Å². The molecule has 0 spiro atoms. The first-order valence-corrected chi connectivity index (χ1v) is 9.78. The average molecular weight is 416 g/mol. The summed E-state index contributed by atoms with van der Waals surface area (Å²) in [6.07, 6.45) is 0.322. The monoisotopic (exact) mass is 415 g/mol. The highest BCUT2D eigenvalue weighted by atomic mass is 35.5. The molecule has 0 N–H and O–H groups in total. The quantitative estimate of drug-likeness (QED) is 0.370. The normalized spacial score (nSPS) is 14.1. The number of rotatable bonds is 8. The molecule has 152 valence electrons. The smallest absolute Gasteiger partial charge is 0.329 e. The predicted octanol–water partition coefficient (Wildman–Crippen LogP) is 3.97. The molecule has 1 unspecified atom stereocenters. The van der Waals surface area contributed by atoms with E-state index in [-0.39, 0.29) is 19.1 Å². The van der Waals surface area contributed by atoms with Gasteiger partial charge in [0, 0.05) is 5.02 Å². The van der Waals surface area contributed by atoms with Crippen LogP contribution >= 0.6 is 11.6 Å². The van der Waals surface area contributed by atoms with E-state index in [2.05, 4.69) is 0 Å². The zero-order valence-corrected chi connectivity index (χ0v) is 17.0. The Morgan fingerprint density at radius 2 is 1.55 bits per heavy atom. The molecule has 0 aromatic heterocycles. The van der Waals surface area contributed by atoms with Gasteiger partial charge in [-0.2, -0.15) is 0 Å². The van der Waals surface area contributed by atoms with Gasteiger partial charge in [-0.25, -0.2) is 4.79 Å². The van der Waals surface area contributed by atoms with E-state index in [1.54, 1.807) is 48.5 Å². The second-order valence-corrected chi connectivity index (χ2v) is 7.58. The number of fused-ring (bicyclic) bond motifs is 1. The molecule has 1 aliphatic heterocycles. The molecular formula is C22H22ClNO5. The zero-order chi connectivity index (χ0) is 21.0. The lowest BCUT2D eigenvalue weighted by Crippen LogP contribution is -2.46. The van der Waals surface area contributed by atoms with Gasteiger partial charge in [0.25, 0.3) is 11.8 Å². The summed E-state index contributed by atoms with van der Waals surface area (Å²) in [4.78, 5) is 39.2. The topological polar surface area (TPSA) is 72.9 Å². The van der Waals surface area contributed by atoms with Crippen LogP contribution in [-0.2, 0) is 9.53 Å². The van der Waals surface area contributed by atoms with E-state index >= 15 is 0 Å². The fourth-order valence-electron chi connectivity index (χ4n) is 3.17. The number of halogens is 1. The summed E-state index contributed by atoms with van der Waals surface area (Å²) >= 11 is 5.83. The van der Waals surface area contributed by atoms with Gasteiger partial charge in [0.15, 0.2) is 0 Å². The molecule has 0 radical (unpaired) electrons. The molecule has 0 saturated heterocycles. The summed E-state index contributed by atoms with van der Waals surface area (Å²) in [6, 6.07) is 12.4. The predicted molar refractivity (Wildman–Crippen MR) is 108 cm³/mol. The van der Waals surface area contributed by atoms with Gasteiger partial charge < -0.3 is 9.47 Å². The second-order valence-electron chi connectivity index (χ2n) is 7.14. The van der Waals surface area contributed by atoms with Gasteiger partial charge >= 0.3 is 5.97 Å². The molecule has 1 atom stereocenters. The number of carbonyl (C=O) groups excluding carboxylic acids is 3. The van der Waals surface area contributed by atoms with Crippen molar-refractivity contribution in [1.82, 2.24) is 4.90 Å². The lowest BCUT2D eigenvalue weighted by molar-refractivity contribution is -0.149. The van der Waals surface area contributed by atoms with E-state index in [0.29, 0.717) is 28.3 Å². The molecule has 1 aliphatic rings. The lowest BCUT2D eigenvalue weighted by atomic mass is 10.0. The van der Waals surface area contributed by atoms with Crippen LogP contribution in [-0.4, -0.2) is 41.9 Å². The van der Waals surface area contributed by atoms with Crippen molar-refractivity contribution in [2.75, 3.05) is 13.2 Å². The van der Waals surface area contributed by atoms with Gasteiger partial charge in [0.1, 0.15) is 25.0 Å². The Morgan fingerprint density at radius 1 is 0.966 bits per heavy atom. The van der Waals surface area contributed by atoms with Gasteiger partial charge in [0.2, 0.25) is 0 Å². The van der Waals surface area contributed by atoms with Crippen LogP contribution in [0.25, 0.3) is 0 Å². The Bertz CT molecular complexity index is 875. The van der Waals surface area contributed by atoms with Crippen molar-refractivity contribution in [3.63, 3.8) is 0 Å². The number of benzene rings is 2. The van der Waals surface area contributed by atoms with E-state index in [1.807, 2.05) is 13.8 Å². The zero-order valence-electron chi connectivity index (χ0n) is 16.3. The van der Waals surface area contributed by atoms with Crippen molar-refractivity contribution < 1.29 is 23.9 Å². The lowest BCUT2D eigenvalue weighted by Gasteiger charge is -2.26. The third-order valence-electron chi connectivity index (χ3n) is 4.51. The van der Waals surface area contributed by atoms with Crippen molar-refractivity contribution in [2.45, 2.75) is 26.3 Å². The van der Waals surface area contributed by atoms with Crippen LogP contribution in [0.15, 0.2) is 48.5 Å². The highest BCUT2D eigenvalue weighted by Crippen LogP contribution is 2.27. The SMILES string of the molecule is CC(C)CC(C(=O)OCCOc1ccc(Cl)cc1)N1C(=O)c2ccccc2C1=O. The van der Waals surface area contributed by atoms with Crippen molar-refractivity contribution >= 4 is 29.4 Å². The van der Waals surface area contributed by atoms with Crippen LogP contribution in [0.3, 0.4) is 0 Å². The van der Waals surface area contributed by atoms with Gasteiger partial charge in [-0.15, -0.1) is 0 Å². The summed E-state index contributed by atoms with van der Waals surface area (Å²) < 4.78 is 10.8. The minimum atomic E-state index is -0.974. The number of nitrogens with zero attached hydrogens (tertiary/aromatic N) is 1. The standard InChI is InChI=1S/C22H22ClNO5/c1-14(2)13-19(24-20(25)17-5-3-4-6-18(17)21(24)26)22(27)29-12-11-28-16-9-7-15(23)8-10-16/h3-10,14,19H,11-13H2,1-2H3.